The lowest BCUT2D eigenvalue weighted by Crippen LogP contribution is -2.55. The third-order valence-corrected chi connectivity index (χ3v) is 11.9. The molecule has 4 fully saturated rings. The lowest BCUT2D eigenvalue weighted by atomic mass is 9.43. The molecule has 0 amide bonds. The first-order valence-electron chi connectivity index (χ1n) is 17.3. The van der Waals surface area contributed by atoms with Crippen molar-refractivity contribution in [1.29, 1.82) is 5.26 Å². The average molecular weight is 619 g/mol. The van der Waals surface area contributed by atoms with Gasteiger partial charge in [-0.1, -0.05) is 97.1 Å². The van der Waals surface area contributed by atoms with Gasteiger partial charge in [-0.25, -0.2) is 15.0 Å². The summed E-state index contributed by atoms with van der Waals surface area (Å²) in [5.41, 5.74) is 11.4. The maximum absolute atomic E-state index is 9.97. The quantitative estimate of drug-likeness (QED) is 0.197. The Morgan fingerprint density at radius 3 is 1.73 bits per heavy atom. The molecule has 4 bridgehead atoms. The smallest absolute Gasteiger partial charge is 0.164 e. The summed E-state index contributed by atoms with van der Waals surface area (Å²) in [6.45, 7) is 0. The second kappa shape index (κ2) is 10.6. The van der Waals surface area contributed by atoms with E-state index in [1.165, 1.54) is 54.4 Å². The van der Waals surface area contributed by atoms with Gasteiger partial charge >= 0.3 is 0 Å². The summed E-state index contributed by atoms with van der Waals surface area (Å²) in [6, 6.07) is 45.0. The molecular weight excluding hydrogens is 585 g/mol. The van der Waals surface area contributed by atoms with Crippen molar-refractivity contribution in [2.45, 2.75) is 37.5 Å². The number of nitrogens with zero attached hydrogens (tertiary/aromatic N) is 4. The van der Waals surface area contributed by atoms with Crippen LogP contribution in [-0.2, 0) is 5.41 Å². The first-order valence-corrected chi connectivity index (χ1v) is 17.3. The molecule has 0 radical (unpaired) electrons. The minimum Gasteiger partial charge on any atom is -0.208 e. The van der Waals surface area contributed by atoms with E-state index in [2.05, 4.69) is 97.1 Å². The van der Waals surface area contributed by atoms with Gasteiger partial charge in [0.15, 0.2) is 17.5 Å². The van der Waals surface area contributed by atoms with Gasteiger partial charge in [0.05, 0.1) is 11.6 Å². The predicted molar refractivity (Wildman–Crippen MR) is 190 cm³/mol. The summed E-state index contributed by atoms with van der Waals surface area (Å²) in [5.74, 6) is 5.01. The van der Waals surface area contributed by atoms with Gasteiger partial charge in [-0.3, -0.25) is 0 Å². The second-order valence-electron chi connectivity index (χ2n) is 14.4. The van der Waals surface area contributed by atoms with E-state index in [4.69, 9.17) is 15.0 Å². The second-order valence-corrected chi connectivity index (χ2v) is 14.4. The van der Waals surface area contributed by atoms with E-state index in [0.29, 0.717) is 29.3 Å². The third kappa shape index (κ3) is 4.10. The molecule has 1 heterocycles. The van der Waals surface area contributed by atoms with Gasteiger partial charge in [0.1, 0.15) is 0 Å². The molecule has 0 aliphatic heterocycles. The molecule has 0 N–H and O–H groups in total. The lowest BCUT2D eigenvalue weighted by Gasteiger charge is -2.61. The molecule has 6 aromatic rings. The third-order valence-electron chi connectivity index (χ3n) is 11.9. The van der Waals surface area contributed by atoms with Crippen LogP contribution in [-0.4, -0.2) is 15.0 Å². The molecule has 5 aromatic carbocycles. The topological polar surface area (TPSA) is 62.5 Å². The van der Waals surface area contributed by atoms with Gasteiger partial charge in [0.25, 0.3) is 0 Å². The summed E-state index contributed by atoms with van der Waals surface area (Å²) >= 11 is 0. The van der Waals surface area contributed by atoms with E-state index in [1.54, 1.807) is 0 Å². The summed E-state index contributed by atoms with van der Waals surface area (Å²) < 4.78 is 0. The maximum Gasteiger partial charge on any atom is 0.164 e. The monoisotopic (exact) mass is 618 g/mol. The number of hydrogen-bond acceptors (Lipinski definition) is 4. The molecular formula is C44H34N4. The molecule has 230 valence electrons. The zero-order chi connectivity index (χ0) is 31.8. The summed E-state index contributed by atoms with van der Waals surface area (Å²) in [5, 5.41) is 9.97. The lowest BCUT2D eigenvalue weighted by molar-refractivity contribution is -0.0399. The highest BCUT2D eigenvalue weighted by Crippen LogP contribution is 2.69. The minimum absolute atomic E-state index is 0.000808. The summed E-state index contributed by atoms with van der Waals surface area (Å²) in [7, 11) is 0. The fourth-order valence-electron chi connectivity index (χ4n) is 10.2. The van der Waals surface area contributed by atoms with Crippen molar-refractivity contribution in [3.05, 3.63) is 138 Å². The summed E-state index contributed by atoms with van der Waals surface area (Å²) in [6.07, 6.45) is 6.65. The van der Waals surface area contributed by atoms with Gasteiger partial charge in [-0.2, -0.15) is 5.26 Å². The van der Waals surface area contributed by atoms with E-state index in [1.807, 2.05) is 30.3 Å². The van der Waals surface area contributed by atoms with E-state index in [-0.39, 0.29) is 5.41 Å². The number of benzene rings is 5. The largest absolute Gasteiger partial charge is 0.208 e. The van der Waals surface area contributed by atoms with Crippen LogP contribution >= 0.6 is 0 Å². The van der Waals surface area contributed by atoms with Crippen LogP contribution in [0.4, 0.5) is 0 Å². The SMILES string of the molecule is N#Cc1ccc2c(c1)C1(c3ccc(-c4nc(-c5ccccc5)nc(-c5cccc(-c6ccccc6)c5)n4)cc3-2)C2CC3CC(C2)CC1C3. The normalized spacial score (nSPS) is 24.3. The minimum atomic E-state index is 0.000808. The predicted octanol–water partition coefficient (Wildman–Crippen LogP) is 10.1. The molecule has 4 nitrogen and oxygen atoms in total. The Bertz CT molecular complexity index is 2240. The Hall–Kier alpha value is -5.40. The first-order chi connectivity index (χ1) is 23.7. The molecule has 1 spiro atoms. The zero-order valence-electron chi connectivity index (χ0n) is 26.7. The number of rotatable bonds is 4. The van der Waals surface area contributed by atoms with Crippen molar-refractivity contribution >= 4 is 0 Å². The molecule has 4 heteroatoms. The summed E-state index contributed by atoms with van der Waals surface area (Å²) in [4.78, 5) is 15.3. The fraction of sp³-hybridized carbons (Fsp3) is 0.227. The van der Waals surface area contributed by atoms with Crippen LogP contribution in [0.25, 0.3) is 56.4 Å². The Morgan fingerprint density at radius 1 is 0.479 bits per heavy atom. The van der Waals surface area contributed by atoms with E-state index >= 15 is 0 Å². The Balaban J connectivity index is 1.15. The van der Waals surface area contributed by atoms with Crippen LogP contribution in [0.1, 0.15) is 48.8 Å². The Kier molecular flexibility index (Phi) is 6.09. The average Bonchev–Trinajstić information content (AvgIpc) is 3.43. The van der Waals surface area contributed by atoms with Gasteiger partial charge in [-0.05, 0) is 113 Å². The standard InChI is InChI=1S/C44H34N4/c45-26-27-14-16-37-38-25-34(15-17-39(38)44(40(37)23-27)35-19-28-18-29(21-35)22-36(44)20-28)43-47-41(31-10-5-2-6-11-31)46-42(48-43)33-13-7-12-32(24-33)30-8-3-1-4-9-30/h1-17,23-25,28-29,35-36H,18-22H2. The molecule has 5 aliphatic rings. The van der Waals surface area contributed by atoms with Crippen molar-refractivity contribution in [2.24, 2.45) is 23.7 Å². The van der Waals surface area contributed by atoms with Gasteiger partial charge < -0.3 is 0 Å². The van der Waals surface area contributed by atoms with Crippen molar-refractivity contribution in [1.82, 2.24) is 15.0 Å². The van der Waals surface area contributed by atoms with Crippen LogP contribution in [0.3, 0.4) is 0 Å². The van der Waals surface area contributed by atoms with Crippen molar-refractivity contribution < 1.29 is 0 Å². The van der Waals surface area contributed by atoms with Crippen molar-refractivity contribution in [2.75, 3.05) is 0 Å². The maximum atomic E-state index is 9.97. The van der Waals surface area contributed by atoms with Gasteiger partial charge in [0, 0.05) is 22.1 Å². The van der Waals surface area contributed by atoms with Gasteiger partial charge in [-0.15, -0.1) is 0 Å². The highest BCUT2D eigenvalue weighted by atomic mass is 15.0. The van der Waals surface area contributed by atoms with Crippen LogP contribution < -0.4 is 0 Å². The van der Waals surface area contributed by atoms with Crippen molar-refractivity contribution in [3.8, 4) is 62.5 Å². The molecule has 48 heavy (non-hydrogen) atoms. The number of fused-ring (bicyclic) bond motifs is 3. The molecule has 5 aliphatic carbocycles. The van der Waals surface area contributed by atoms with E-state index in [9.17, 15) is 5.26 Å². The molecule has 1 aromatic heterocycles. The molecule has 0 saturated heterocycles. The number of nitriles is 1. The molecule has 4 saturated carbocycles. The van der Waals surface area contributed by atoms with Crippen molar-refractivity contribution in [3.63, 3.8) is 0 Å². The van der Waals surface area contributed by atoms with E-state index in [0.717, 1.165) is 45.2 Å². The van der Waals surface area contributed by atoms with Crippen LogP contribution in [0.2, 0.25) is 0 Å². The number of aromatic nitrogens is 3. The highest BCUT2D eigenvalue weighted by molar-refractivity contribution is 5.85. The molecule has 0 atom stereocenters. The number of hydrogen-bond donors (Lipinski definition) is 0. The van der Waals surface area contributed by atoms with Crippen LogP contribution in [0.15, 0.2) is 121 Å². The Morgan fingerprint density at radius 2 is 1.06 bits per heavy atom. The molecule has 11 rings (SSSR count). The van der Waals surface area contributed by atoms with E-state index < -0.39 is 0 Å². The van der Waals surface area contributed by atoms with Crippen LogP contribution in [0.5, 0.6) is 0 Å². The zero-order valence-corrected chi connectivity index (χ0v) is 26.7. The highest BCUT2D eigenvalue weighted by Gasteiger charge is 2.61. The van der Waals surface area contributed by atoms with Crippen LogP contribution in [0, 0.1) is 35.0 Å². The Labute approximate surface area is 281 Å². The first kappa shape index (κ1) is 27.7. The molecule has 0 unspecified atom stereocenters. The van der Waals surface area contributed by atoms with Gasteiger partial charge in [0.2, 0.25) is 0 Å². The fourth-order valence-corrected chi connectivity index (χ4v) is 10.2.